The molecule has 2 N–H and O–H groups in total. The van der Waals surface area contributed by atoms with E-state index in [2.05, 4.69) is 31.5 Å². The van der Waals surface area contributed by atoms with E-state index < -0.39 is 29.7 Å². The maximum atomic E-state index is 13.4. The molecule has 4 aliphatic heterocycles. The van der Waals surface area contributed by atoms with Crippen molar-refractivity contribution in [3.8, 4) is 22.8 Å². The first kappa shape index (κ1) is 38.9. The summed E-state index contributed by atoms with van der Waals surface area (Å²) >= 11 is 0. The monoisotopic (exact) mass is 787 g/mol. The molecule has 300 valence electrons. The summed E-state index contributed by atoms with van der Waals surface area (Å²) in [5.41, 5.74) is 4.96. The Bertz CT molecular complexity index is 2200. The van der Waals surface area contributed by atoms with Crippen LogP contribution in [0.3, 0.4) is 0 Å². The Kier molecular flexibility index (Phi) is 12.1. The number of amides is 4. The second-order valence-electron chi connectivity index (χ2n) is 14.4. The zero-order valence-electron chi connectivity index (χ0n) is 32.1. The van der Waals surface area contributed by atoms with E-state index in [0.717, 1.165) is 71.4 Å². The Labute approximate surface area is 335 Å². The van der Waals surface area contributed by atoms with Crippen molar-refractivity contribution in [1.82, 2.24) is 30.0 Å². The van der Waals surface area contributed by atoms with Crippen LogP contribution < -0.4 is 20.1 Å². The Morgan fingerprint density at radius 1 is 0.759 bits per heavy atom. The summed E-state index contributed by atoms with van der Waals surface area (Å²) in [6.45, 7) is 7.38. The van der Waals surface area contributed by atoms with Crippen LogP contribution in [0.5, 0.6) is 11.5 Å². The summed E-state index contributed by atoms with van der Waals surface area (Å²) < 4.78 is 24.2. The predicted molar refractivity (Wildman–Crippen MR) is 213 cm³/mol. The first-order valence-corrected chi connectivity index (χ1v) is 19.6. The molecule has 0 saturated carbocycles. The fourth-order valence-corrected chi connectivity index (χ4v) is 7.47. The van der Waals surface area contributed by atoms with Crippen molar-refractivity contribution in [1.29, 1.82) is 0 Å². The van der Waals surface area contributed by atoms with Gasteiger partial charge in [0.2, 0.25) is 17.8 Å². The van der Waals surface area contributed by atoms with Crippen LogP contribution in [0, 0.1) is 0 Å². The third-order valence-corrected chi connectivity index (χ3v) is 10.5. The highest BCUT2D eigenvalue weighted by Crippen LogP contribution is 2.34. The topological polar surface area (TPSA) is 165 Å². The van der Waals surface area contributed by atoms with Crippen molar-refractivity contribution in [3.05, 3.63) is 107 Å². The van der Waals surface area contributed by atoms with E-state index in [4.69, 9.17) is 23.9 Å². The lowest BCUT2D eigenvalue weighted by molar-refractivity contribution is -0.136. The van der Waals surface area contributed by atoms with Gasteiger partial charge in [-0.05, 0) is 54.4 Å². The summed E-state index contributed by atoms with van der Waals surface area (Å²) in [4.78, 5) is 65.5. The SMILES string of the molecule is O=C1CCC(N2C(=O)c3cccc(OCCN4CCN(CCOc5ccc6cc5COC/C=C/COCc5cccc(c5)-c5ccnc(n5)N6)CC4)c3C2=O)C(=O)N1. The van der Waals surface area contributed by atoms with Crippen LogP contribution in [0.4, 0.5) is 11.6 Å². The summed E-state index contributed by atoms with van der Waals surface area (Å²) in [5.74, 6) is -0.636. The lowest BCUT2D eigenvalue weighted by atomic mass is 10.0. The molecule has 15 nitrogen and oxygen atoms in total. The summed E-state index contributed by atoms with van der Waals surface area (Å²) in [6.07, 6.45) is 5.83. The molecule has 4 amide bonds. The Morgan fingerprint density at radius 2 is 1.50 bits per heavy atom. The number of nitrogens with zero attached hydrogens (tertiary/aromatic N) is 5. The van der Waals surface area contributed by atoms with Gasteiger partial charge in [-0.15, -0.1) is 0 Å². The lowest BCUT2D eigenvalue weighted by Gasteiger charge is -2.34. The van der Waals surface area contributed by atoms with Gasteiger partial charge < -0.3 is 24.3 Å². The number of piperazine rings is 1. The summed E-state index contributed by atoms with van der Waals surface area (Å²) in [6, 6.07) is 19.8. The number of fused-ring (bicyclic) bond motifs is 8. The second-order valence-corrected chi connectivity index (χ2v) is 14.4. The van der Waals surface area contributed by atoms with Gasteiger partial charge in [0, 0.05) is 68.7 Å². The highest BCUT2D eigenvalue weighted by Gasteiger charge is 2.46. The highest BCUT2D eigenvalue weighted by molar-refractivity contribution is 6.24. The van der Waals surface area contributed by atoms with Gasteiger partial charge in [-0.25, -0.2) is 9.97 Å². The number of carbonyl (C=O) groups is 4. The Balaban J connectivity index is 0.823. The van der Waals surface area contributed by atoms with Gasteiger partial charge in [0.1, 0.15) is 30.8 Å². The van der Waals surface area contributed by atoms with Crippen molar-refractivity contribution < 1.29 is 38.1 Å². The van der Waals surface area contributed by atoms with E-state index >= 15 is 0 Å². The van der Waals surface area contributed by atoms with Crippen molar-refractivity contribution in [3.63, 3.8) is 0 Å². The number of carbonyl (C=O) groups excluding carboxylic acids is 4. The van der Waals surface area contributed by atoms with Gasteiger partial charge in [-0.2, -0.15) is 0 Å². The molecule has 1 aromatic heterocycles. The predicted octanol–water partition coefficient (Wildman–Crippen LogP) is 3.97. The van der Waals surface area contributed by atoms with Crippen LogP contribution in [-0.2, 0) is 32.3 Å². The summed E-state index contributed by atoms with van der Waals surface area (Å²) in [7, 11) is 0. The molecular formula is C43H45N7O8. The van der Waals surface area contributed by atoms with Crippen molar-refractivity contribution >= 4 is 35.3 Å². The smallest absolute Gasteiger partial charge is 0.266 e. The van der Waals surface area contributed by atoms with Crippen LogP contribution in [0.15, 0.2) is 85.1 Å². The van der Waals surface area contributed by atoms with Gasteiger partial charge in [0.15, 0.2) is 0 Å². The summed E-state index contributed by atoms with van der Waals surface area (Å²) in [5, 5.41) is 5.57. The average molecular weight is 788 g/mol. The number of benzene rings is 3. The number of piperidine rings is 1. The number of ether oxygens (including phenoxy) is 4. The van der Waals surface area contributed by atoms with Crippen molar-refractivity contribution in [2.24, 2.45) is 0 Å². The number of hydrogen-bond donors (Lipinski definition) is 2. The maximum Gasteiger partial charge on any atom is 0.266 e. The standard InChI is InChI=1S/C43H45N7O8/c51-38-12-10-35(40(52)47-38)50-41(53)33-7-4-8-37(39(33)42(50)54)58-24-20-49-17-15-48(16-18-49)19-23-57-36-11-9-32-26-31(36)28-56-22-2-1-21-55-27-29-5-3-6-30(25-29)34-13-14-44-43(45-32)46-34/h1-9,11,13-14,25-26,35H,10,12,15-24,27-28H2,(H,44,45,46)(H,47,51,52)/b2-1+. The van der Waals surface area contributed by atoms with Crippen LogP contribution in [-0.4, -0.2) is 120 Å². The van der Waals surface area contributed by atoms with Gasteiger partial charge >= 0.3 is 0 Å². The number of anilines is 2. The second kappa shape index (κ2) is 18.1. The van der Waals surface area contributed by atoms with E-state index in [-0.39, 0.29) is 24.0 Å². The van der Waals surface area contributed by atoms with E-state index in [9.17, 15) is 19.2 Å². The fourth-order valence-electron chi connectivity index (χ4n) is 7.47. The quantitative estimate of drug-likeness (QED) is 0.185. The van der Waals surface area contributed by atoms with E-state index in [1.165, 1.54) is 0 Å². The minimum Gasteiger partial charge on any atom is -0.492 e. The zero-order valence-corrected chi connectivity index (χ0v) is 32.1. The third-order valence-electron chi connectivity index (χ3n) is 10.5. The molecule has 2 fully saturated rings. The molecule has 4 aliphatic rings. The maximum absolute atomic E-state index is 13.4. The van der Waals surface area contributed by atoms with Gasteiger partial charge in [-0.1, -0.05) is 36.4 Å². The molecule has 0 aliphatic carbocycles. The van der Waals surface area contributed by atoms with E-state index in [1.54, 1.807) is 24.4 Å². The van der Waals surface area contributed by atoms with Gasteiger partial charge in [0.25, 0.3) is 11.8 Å². The van der Waals surface area contributed by atoms with Gasteiger partial charge in [-0.3, -0.25) is 39.2 Å². The Morgan fingerprint density at radius 3 is 2.28 bits per heavy atom. The molecule has 0 radical (unpaired) electrons. The number of rotatable bonds is 9. The molecule has 4 aromatic rings. The molecule has 58 heavy (non-hydrogen) atoms. The fraction of sp³-hybridized carbons (Fsp3) is 0.349. The first-order valence-electron chi connectivity index (χ1n) is 19.6. The normalized spacial score (nSPS) is 19.7. The number of imide groups is 2. The number of nitrogens with one attached hydrogen (secondary N) is 2. The van der Waals surface area contributed by atoms with E-state index in [1.807, 2.05) is 54.6 Å². The molecule has 1 unspecified atom stereocenters. The van der Waals surface area contributed by atoms with Crippen molar-refractivity contribution in [2.45, 2.75) is 32.1 Å². The molecular weight excluding hydrogens is 743 g/mol. The zero-order chi connectivity index (χ0) is 39.8. The molecule has 2 saturated heterocycles. The van der Waals surface area contributed by atoms with Crippen LogP contribution in [0.1, 0.15) is 44.7 Å². The Hall–Kier alpha value is -6.00. The average Bonchev–Trinajstić information content (AvgIpc) is 3.49. The highest BCUT2D eigenvalue weighted by atomic mass is 16.5. The molecule has 15 heteroatoms. The third kappa shape index (κ3) is 9.08. The van der Waals surface area contributed by atoms with Crippen LogP contribution in [0.2, 0.25) is 0 Å². The first-order chi connectivity index (χ1) is 28.4. The molecule has 1 atom stereocenters. The molecule has 8 rings (SSSR count). The molecule has 0 spiro atoms. The van der Waals surface area contributed by atoms with Crippen LogP contribution in [0.25, 0.3) is 11.3 Å². The number of hydrogen-bond acceptors (Lipinski definition) is 13. The largest absolute Gasteiger partial charge is 0.492 e. The van der Waals surface area contributed by atoms with Crippen molar-refractivity contribution in [2.75, 3.05) is 71.0 Å². The minimum absolute atomic E-state index is 0.0637. The number of aromatic nitrogens is 2. The molecule has 5 heterocycles. The minimum atomic E-state index is -1.02. The lowest BCUT2D eigenvalue weighted by Crippen LogP contribution is -2.54. The van der Waals surface area contributed by atoms with Gasteiger partial charge in [0.05, 0.1) is 43.2 Å². The molecule has 6 bridgehead atoms. The van der Waals surface area contributed by atoms with Crippen LogP contribution >= 0.6 is 0 Å². The molecule has 3 aromatic carbocycles. The van der Waals surface area contributed by atoms with E-state index in [0.29, 0.717) is 57.9 Å².